The van der Waals surface area contributed by atoms with Crippen molar-refractivity contribution in [1.29, 1.82) is 0 Å². The lowest BCUT2D eigenvalue weighted by Gasteiger charge is -2.19. The van der Waals surface area contributed by atoms with Crippen molar-refractivity contribution in [2.45, 2.75) is 19.4 Å². The quantitative estimate of drug-likeness (QED) is 0.464. The van der Waals surface area contributed by atoms with Crippen molar-refractivity contribution in [3.8, 4) is 5.75 Å². The van der Waals surface area contributed by atoms with Crippen LogP contribution >= 0.6 is 23.2 Å². The first kappa shape index (κ1) is 21.9. The van der Waals surface area contributed by atoms with E-state index >= 15 is 0 Å². The van der Waals surface area contributed by atoms with Gasteiger partial charge in [-0.1, -0.05) is 43.3 Å². The monoisotopic (exact) mass is 399 g/mol. The Morgan fingerprint density at radius 3 is 2.50 bits per heavy atom. The van der Waals surface area contributed by atoms with E-state index in [4.69, 9.17) is 37.4 Å². The third-order valence-corrected chi connectivity index (χ3v) is 4.01. The van der Waals surface area contributed by atoms with E-state index in [1.165, 1.54) is 14.2 Å². The van der Waals surface area contributed by atoms with Crippen molar-refractivity contribution >= 4 is 29.1 Å². The zero-order chi connectivity index (χ0) is 19.7. The molecule has 26 heavy (non-hydrogen) atoms. The van der Waals surface area contributed by atoms with Gasteiger partial charge in [0.05, 0.1) is 19.2 Å². The summed E-state index contributed by atoms with van der Waals surface area (Å²) >= 11 is 12.0. The molecule has 0 fully saturated rings. The van der Waals surface area contributed by atoms with Crippen LogP contribution in [0.4, 0.5) is 0 Å². The fourth-order valence-electron chi connectivity index (χ4n) is 1.96. The minimum atomic E-state index is -0.712. The van der Waals surface area contributed by atoms with Gasteiger partial charge in [0.25, 0.3) is 5.91 Å². The number of benzene rings is 1. The SMILES string of the molecule is C=C(/C=C(/CNC(=O)C(CC)Oc1ccc(Cl)cc1Cl)C(=C)OC)OC. The summed E-state index contributed by atoms with van der Waals surface area (Å²) < 4.78 is 15.9. The topological polar surface area (TPSA) is 56.8 Å². The number of halogens is 2. The molecule has 5 nitrogen and oxygen atoms in total. The summed E-state index contributed by atoms with van der Waals surface area (Å²) in [5.41, 5.74) is 0.632. The predicted octanol–water partition coefficient (Wildman–Crippen LogP) is 4.51. The molecule has 0 heterocycles. The van der Waals surface area contributed by atoms with Gasteiger partial charge in [0.2, 0.25) is 0 Å². The van der Waals surface area contributed by atoms with E-state index in [0.29, 0.717) is 39.3 Å². The van der Waals surface area contributed by atoms with Crippen LogP contribution in [0.1, 0.15) is 13.3 Å². The number of ether oxygens (including phenoxy) is 3. The Labute approximate surface area is 164 Å². The van der Waals surface area contributed by atoms with Gasteiger partial charge in [0.1, 0.15) is 17.3 Å². The Morgan fingerprint density at radius 2 is 1.96 bits per heavy atom. The number of hydrogen-bond acceptors (Lipinski definition) is 4. The zero-order valence-electron chi connectivity index (χ0n) is 15.1. The first-order chi connectivity index (χ1) is 12.3. The van der Waals surface area contributed by atoms with E-state index in [1.54, 1.807) is 24.3 Å². The zero-order valence-corrected chi connectivity index (χ0v) is 16.6. The summed E-state index contributed by atoms with van der Waals surface area (Å²) in [5.74, 6) is 0.918. The largest absolute Gasteiger partial charge is 0.497 e. The van der Waals surface area contributed by atoms with Gasteiger partial charge in [0, 0.05) is 17.1 Å². The molecule has 1 unspecified atom stereocenters. The van der Waals surface area contributed by atoms with Crippen LogP contribution in [0.3, 0.4) is 0 Å². The summed E-state index contributed by atoms with van der Waals surface area (Å²) in [4.78, 5) is 12.5. The lowest BCUT2D eigenvalue weighted by atomic mass is 10.2. The lowest BCUT2D eigenvalue weighted by molar-refractivity contribution is -0.127. The van der Waals surface area contributed by atoms with Gasteiger partial charge < -0.3 is 19.5 Å². The van der Waals surface area contributed by atoms with E-state index in [2.05, 4.69) is 18.5 Å². The van der Waals surface area contributed by atoms with Gasteiger partial charge in [-0.25, -0.2) is 0 Å². The summed E-state index contributed by atoms with van der Waals surface area (Å²) in [7, 11) is 3.00. The van der Waals surface area contributed by atoms with Crippen LogP contribution in [0.2, 0.25) is 10.0 Å². The summed E-state index contributed by atoms with van der Waals surface area (Å²) in [5, 5.41) is 3.62. The highest BCUT2D eigenvalue weighted by atomic mass is 35.5. The van der Waals surface area contributed by atoms with Crippen molar-refractivity contribution in [2.75, 3.05) is 20.8 Å². The van der Waals surface area contributed by atoms with Gasteiger partial charge >= 0.3 is 0 Å². The predicted molar refractivity (Wildman–Crippen MR) is 105 cm³/mol. The Hall–Kier alpha value is -2.11. The molecule has 0 radical (unpaired) electrons. The second-order valence-electron chi connectivity index (χ2n) is 5.27. The average molecular weight is 400 g/mol. The first-order valence-electron chi connectivity index (χ1n) is 7.88. The second-order valence-corrected chi connectivity index (χ2v) is 6.12. The van der Waals surface area contributed by atoms with Crippen molar-refractivity contribution in [2.24, 2.45) is 0 Å². The molecule has 0 aromatic heterocycles. The summed E-state index contributed by atoms with van der Waals surface area (Å²) in [6.07, 6.45) is 1.39. The normalized spacial score (nSPS) is 12.1. The van der Waals surface area contributed by atoms with Crippen molar-refractivity contribution in [3.63, 3.8) is 0 Å². The van der Waals surface area contributed by atoms with E-state index in [0.717, 1.165) is 0 Å². The third kappa shape index (κ3) is 6.65. The maximum absolute atomic E-state index is 12.5. The van der Waals surface area contributed by atoms with E-state index in [1.807, 2.05) is 6.92 Å². The molecule has 0 saturated heterocycles. The fraction of sp³-hybridized carbons (Fsp3) is 0.316. The van der Waals surface area contributed by atoms with E-state index < -0.39 is 6.10 Å². The Morgan fingerprint density at radius 1 is 1.27 bits per heavy atom. The van der Waals surface area contributed by atoms with Crippen LogP contribution in [-0.2, 0) is 14.3 Å². The molecule has 1 amide bonds. The molecule has 0 bridgehead atoms. The van der Waals surface area contributed by atoms with Crippen molar-refractivity contribution in [1.82, 2.24) is 5.32 Å². The summed E-state index contributed by atoms with van der Waals surface area (Å²) in [6, 6.07) is 4.83. The Bertz CT molecular complexity index is 701. The average Bonchev–Trinajstić information content (AvgIpc) is 2.63. The maximum atomic E-state index is 12.5. The molecule has 0 saturated carbocycles. The standard InChI is InChI=1S/C19H23Cl2NO4/c1-6-17(26-18-8-7-15(20)10-16(18)21)19(23)22-11-14(13(3)25-5)9-12(2)24-4/h7-10,17H,2-3,6,11H2,1,4-5H3,(H,22,23)/b14-9-. The molecular formula is C19H23Cl2NO4. The van der Waals surface area contributed by atoms with Gasteiger partial charge in [0.15, 0.2) is 6.10 Å². The van der Waals surface area contributed by atoms with Gasteiger partial charge in [-0.15, -0.1) is 0 Å². The maximum Gasteiger partial charge on any atom is 0.261 e. The van der Waals surface area contributed by atoms with E-state index in [9.17, 15) is 4.79 Å². The molecule has 0 aliphatic rings. The molecule has 1 aromatic rings. The second kappa shape index (κ2) is 10.8. The minimum absolute atomic E-state index is 0.183. The molecule has 1 atom stereocenters. The van der Waals surface area contributed by atoms with Crippen LogP contribution in [0.25, 0.3) is 0 Å². The van der Waals surface area contributed by atoms with Crippen LogP contribution in [-0.4, -0.2) is 32.8 Å². The highest BCUT2D eigenvalue weighted by Gasteiger charge is 2.20. The van der Waals surface area contributed by atoms with E-state index in [-0.39, 0.29) is 12.5 Å². The number of amides is 1. The fourth-order valence-corrected chi connectivity index (χ4v) is 2.41. The van der Waals surface area contributed by atoms with Gasteiger partial charge in [-0.2, -0.15) is 0 Å². The highest BCUT2D eigenvalue weighted by molar-refractivity contribution is 6.35. The third-order valence-electron chi connectivity index (χ3n) is 3.48. The van der Waals surface area contributed by atoms with Crippen LogP contribution < -0.4 is 10.1 Å². The smallest absolute Gasteiger partial charge is 0.261 e. The molecule has 0 aliphatic heterocycles. The number of nitrogens with one attached hydrogen (secondary N) is 1. The number of allylic oxidation sites excluding steroid dienone is 1. The molecule has 0 spiro atoms. The van der Waals surface area contributed by atoms with Crippen molar-refractivity contribution < 1.29 is 19.0 Å². The molecule has 142 valence electrons. The Balaban J connectivity index is 2.80. The number of rotatable bonds is 10. The van der Waals surface area contributed by atoms with Crippen molar-refractivity contribution in [3.05, 3.63) is 64.6 Å². The number of methoxy groups -OCH3 is 2. The van der Waals surface area contributed by atoms with Gasteiger partial charge in [-0.05, 0) is 30.7 Å². The number of carbonyl (C=O) groups is 1. The highest BCUT2D eigenvalue weighted by Crippen LogP contribution is 2.28. The minimum Gasteiger partial charge on any atom is -0.497 e. The number of hydrogen-bond donors (Lipinski definition) is 1. The molecule has 0 aliphatic carbocycles. The molecule has 1 rings (SSSR count). The van der Waals surface area contributed by atoms with Crippen LogP contribution in [0.15, 0.2) is 54.5 Å². The molecule has 1 aromatic carbocycles. The molecular weight excluding hydrogens is 377 g/mol. The van der Waals surface area contributed by atoms with Gasteiger partial charge in [-0.3, -0.25) is 4.79 Å². The van der Waals surface area contributed by atoms with Crippen LogP contribution in [0, 0.1) is 0 Å². The lowest BCUT2D eigenvalue weighted by Crippen LogP contribution is -2.39. The van der Waals surface area contributed by atoms with Crippen LogP contribution in [0.5, 0.6) is 5.75 Å². The molecule has 1 N–H and O–H groups in total. The Kier molecular flexibility index (Phi) is 9.10. The number of carbonyl (C=O) groups excluding carboxylic acids is 1. The summed E-state index contributed by atoms with van der Waals surface area (Å²) in [6.45, 7) is 9.54. The molecule has 7 heteroatoms. The first-order valence-corrected chi connectivity index (χ1v) is 8.64.